The third-order valence-electron chi connectivity index (χ3n) is 5.21. The maximum Gasteiger partial charge on any atom is 0.293 e. The van der Waals surface area contributed by atoms with Crippen LogP contribution in [0.5, 0.6) is 0 Å². The van der Waals surface area contributed by atoms with Gasteiger partial charge in [0.1, 0.15) is 5.69 Å². The van der Waals surface area contributed by atoms with Crippen LogP contribution in [0.1, 0.15) is 10.4 Å². The van der Waals surface area contributed by atoms with E-state index in [0.29, 0.717) is 27.9 Å². The fraction of sp³-hybridized carbons (Fsp3) is 0.125. The number of rotatable bonds is 8. The van der Waals surface area contributed by atoms with Crippen LogP contribution >= 0.6 is 0 Å². The van der Waals surface area contributed by atoms with Crippen LogP contribution in [0.4, 0.5) is 11.4 Å². The molecule has 0 fully saturated rings. The molecule has 0 unspecified atom stereocenters. The Morgan fingerprint density at radius 1 is 1.00 bits per heavy atom. The Bertz CT molecular complexity index is 1520. The van der Waals surface area contributed by atoms with Crippen LogP contribution in [0, 0.1) is 10.1 Å². The molecule has 2 aromatic carbocycles. The standard InChI is InChI=1S/C24H21N5O5S/c1-35(33,34)16-9-10-21(23(14-16)29(31)32)26-12-13-27-24(30)18-15-22(20-8-4-5-11-25-20)28-19-7-3-2-6-17(18)19/h2-11,14-15,26H,12-13H2,1H3,(H,27,30). The van der Waals surface area contributed by atoms with Crippen molar-refractivity contribution in [3.8, 4) is 11.4 Å². The molecule has 0 radical (unpaired) electrons. The van der Waals surface area contributed by atoms with Gasteiger partial charge in [-0.2, -0.15) is 0 Å². The van der Waals surface area contributed by atoms with Gasteiger partial charge in [-0.3, -0.25) is 19.9 Å². The van der Waals surface area contributed by atoms with Gasteiger partial charge in [0.05, 0.1) is 32.3 Å². The predicted molar refractivity (Wildman–Crippen MR) is 132 cm³/mol. The molecule has 11 heteroatoms. The van der Waals surface area contributed by atoms with E-state index < -0.39 is 14.8 Å². The smallest absolute Gasteiger partial charge is 0.293 e. The van der Waals surface area contributed by atoms with Crippen molar-refractivity contribution in [3.05, 3.63) is 88.6 Å². The molecule has 10 nitrogen and oxygen atoms in total. The highest BCUT2D eigenvalue weighted by molar-refractivity contribution is 7.90. The SMILES string of the molecule is CS(=O)(=O)c1ccc(NCCNC(=O)c2cc(-c3ccccn3)nc3ccccc23)c([N+](=O)[O-])c1. The van der Waals surface area contributed by atoms with Crippen molar-refractivity contribution in [2.45, 2.75) is 4.90 Å². The fourth-order valence-electron chi connectivity index (χ4n) is 3.52. The molecule has 0 atom stereocenters. The van der Waals surface area contributed by atoms with Crippen molar-refractivity contribution in [3.63, 3.8) is 0 Å². The predicted octanol–water partition coefficient (Wildman–Crippen LogP) is 3.45. The van der Waals surface area contributed by atoms with E-state index in [2.05, 4.69) is 20.6 Å². The minimum atomic E-state index is -3.58. The number of fused-ring (bicyclic) bond motifs is 1. The molecule has 2 heterocycles. The number of amides is 1. The van der Waals surface area contributed by atoms with E-state index in [1.165, 1.54) is 12.1 Å². The second kappa shape index (κ2) is 9.85. The van der Waals surface area contributed by atoms with Gasteiger partial charge in [-0.05, 0) is 36.4 Å². The number of hydrogen-bond donors (Lipinski definition) is 2. The number of pyridine rings is 2. The number of sulfone groups is 1. The van der Waals surface area contributed by atoms with Crippen LogP contribution < -0.4 is 10.6 Å². The number of nitrogens with zero attached hydrogens (tertiary/aromatic N) is 3. The number of benzene rings is 2. The summed E-state index contributed by atoms with van der Waals surface area (Å²) < 4.78 is 23.4. The second-order valence-electron chi connectivity index (χ2n) is 7.68. The first kappa shape index (κ1) is 23.8. The third kappa shape index (κ3) is 5.41. The van der Waals surface area contributed by atoms with E-state index in [0.717, 1.165) is 12.3 Å². The van der Waals surface area contributed by atoms with Gasteiger partial charge >= 0.3 is 0 Å². The Kier molecular flexibility index (Phi) is 6.69. The maximum absolute atomic E-state index is 13.0. The zero-order valence-electron chi connectivity index (χ0n) is 18.6. The number of aromatic nitrogens is 2. The Morgan fingerprint density at radius 3 is 2.49 bits per heavy atom. The second-order valence-corrected chi connectivity index (χ2v) is 9.69. The minimum Gasteiger partial charge on any atom is -0.378 e. The molecule has 1 amide bonds. The average molecular weight is 492 g/mol. The van der Waals surface area contributed by atoms with Gasteiger partial charge in [-0.1, -0.05) is 24.3 Å². The summed E-state index contributed by atoms with van der Waals surface area (Å²) in [6, 6.07) is 18.1. The van der Waals surface area contributed by atoms with Crippen molar-refractivity contribution in [2.75, 3.05) is 24.7 Å². The summed E-state index contributed by atoms with van der Waals surface area (Å²) in [5, 5.41) is 17.8. The van der Waals surface area contributed by atoms with Gasteiger partial charge in [0.2, 0.25) is 0 Å². The highest BCUT2D eigenvalue weighted by atomic mass is 32.2. The first-order chi connectivity index (χ1) is 16.7. The molecule has 178 valence electrons. The van der Waals surface area contributed by atoms with Crippen LogP contribution in [-0.4, -0.2) is 48.6 Å². The summed E-state index contributed by atoms with van der Waals surface area (Å²) >= 11 is 0. The van der Waals surface area contributed by atoms with Gasteiger partial charge in [-0.25, -0.2) is 13.4 Å². The summed E-state index contributed by atoms with van der Waals surface area (Å²) in [6.45, 7) is 0.348. The normalized spacial score (nSPS) is 11.2. The van der Waals surface area contributed by atoms with Gasteiger partial charge in [-0.15, -0.1) is 0 Å². The molecule has 0 saturated carbocycles. The monoisotopic (exact) mass is 491 g/mol. The lowest BCUT2D eigenvalue weighted by Crippen LogP contribution is -2.29. The molecule has 4 rings (SSSR count). The number of carbonyl (C=O) groups is 1. The number of para-hydroxylation sites is 1. The molecule has 2 N–H and O–H groups in total. The molecular formula is C24H21N5O5S. The van der Waals surface area contributed by atoms with Crippen LogP contribution in [0.2, 0.25) is 0 Å². The minimum absolute atomic E-state index is 0.142. The maximum atomic E-state index is 13.0. The fourth-order valence-corrected chi connectivity index (χ4v) is 4.16. The highest BCUT2D eigenvalue weighted by Gasteiger charge is 2.19. The molecule has 2 aromatic heterocycles. The van der Waals surface area contributed by atoms with E-state index in [1.807, 2.05) is 36.4 Å². The molecule has 0 aliphatic rings. The molecule has 4 aromatic rings. The van der Waals surface area contributed by atoms with E-state index >= 15 is 0 Å². The van der Waals surface area contributed by atoms with Crippen LogP contribution in [0.25, 0.3) is 22.3 Å². The lowest BCUT2D eigenvalue weighted by atomic mass is 10.1. The summed E-state index contributed by atoms with van der Waals surface area (Å²) in [5.74, 6) is -0.329. The molecule has 0 spiro atoms. The lowest BCUT2D eigenvalue weighted by molar-refractivity contribution is -0.384. The van der Waals surface area contributed by atoms with Crippen LogP contribution in [0.15, 0.2) is 77.8 Å². The molecule has 0 bridgehead atoms. The van der Waals surface area contributed by atoms with Gasteiger partial charge in [0.25, 0.3) is 11.6 Å². The third-order valence-corrected chi connectivity index (χ3v) is 6.32. The average Bonchev–Trinajstić information content (AvgIpc) is 2.85. The van der Waals surface area contributed by atoms with Gasteiger partial charge in [0, 0.05) is 37.0 Å². The van der Waals surface area contributed by atoms with E-state index in [-0.39, 0.29) is 35.3 Å². The van der Waals surface area contributed by atoms with E-state index in [4.69, 9.17) is 0 Å². The molecule has 0 saturated heterocycles. The Morgan fingerprint density at radius 2 is 1.77 bits per heavy atom. The number of nitrogens with one attached hydrogen (secondary N) is 2. The van der Waals surface area contributed by atoms with Crippen molar-refractivity contribution >= 4 is 38.0 Å². The Hall–Kier alpha value is -4.38. The molecule has 0 aliphatic carbocycles. The van der Waals surface area contributed by atoms with Crippen LogP contribution in [-0.2, 0) is 9.84 Å². The Labute approximate surface area is 201 Å². The quantitative estimate of drug-likeness (QED) is 0.217. The summed E-state index contributed by atoms with van der Waals surface area (Å²) in [4.78, 5) is 32.5. The van der Waals surface area contributed by atoms with Crippen LogP contribution in [0.3, 0.4) is 0 Å². The summed E-state index contributed by atoms with van der Waals surface area (Å²) in [6.07, 6.45) is 2.63. The molecule has 35 heavy (non-hydrogen) atoms. The molecular weight excluding hydrogens is 470 g/mol. The number of hydrogen-bond acceptors (Lipinski definition) is 8. The van der Waals surface area contributed by atoms with Crippen molar-refractivity contribution < 1.29 is 18.1 Å². The summed E-state index contributed by atoms with van der Waals surface area (Å²) in [5.41, 5.74) is 2.08. The Balaban J connectivity index is 1.50. The largest absolute Gasteiger partial charge is 0.378 e. The molecule has 0 aliphatic heterocycles. The lowest BCUT2D eigenvalue weighted by Gasteiger charge is -2.12. The highest BCUT2D eigenvalue weighted by Crippen LogP contribution is 2.27. The van der Waals surface area contributed by atoms with Crippen molar-refractivity contribution in [1.82, 2.24) is 15.3 Å². The zero-order valence-corrected chi connectivity index (χ0v) is 19.5. The van der Waals surface area contributed by atoms with E-state index in [9.17, 15) is 23.3 Å². The number of nitro benzene ring substituents is 1. The summed E-state index contributed by atoms with van der Waals surface area (Å²) in [7, 11) is -3.58. The first-order valence-corrected chi connectivity index (χ1v) is 12.4. The van der Waals surface area contributed by atoms with Crippen molar-refractivity contribution in [1.29, 1.82) is 0 Å². The zero-order chi connectivity index (χ0) is 25.0. The van der Waals surface area contributed by atoms with Gasteiger partial charge in [0.15, 0.2) is 9.84 Å². The first-order valence-electron chi connectivity index (χ1n) is 10.6. The number of anilines is 1. The van der Waals surface area contributed by atoms with E-state index in [1.54, 1.807) is 18.3 Å². The van der Waals surface area contributed by atoms with Gasteiger partial charge < -0.3 is 10.6 Å². The number of nitro groups is 1. The number of carbonyl (C=O) groups excluding carboxylic acids is 1. The topological polar surface area (TPSA) is 144 Å². The van der Waals surface area contributed by atoms with Crippen molar-refractivity contribution in [2.24, 2.45) is 0 Å².